The van der Waals surface area contributed by atoms with Crippen LogP contribution < -0.4 is 5.32 Å². The van der Waals surface area contributed by atoms with Gasteiger partial charge < -0.3 is 10.2 Å². The molecule has 1 N–H and O–H groups in total. The Labute approximate surface area is 172 Å². The molecule has 4 saturated carbocycles. The standard InChI is InChI=1S/C23H29ClN2O2/c24-19-4-1-3-15(10-19)14-25-21(27)20-5-2-6-26(20)22(28)23-11-16-7-17(12-23)9-18(8-16)13-23/h1,3-4,10,16-18,20H,2,5-9,11-14H2,(H,25,27). The van der Waals surface area contributed by atoms with E-state index >= 15 is 0 Å². The van der Waals surface area contributed by atoms with Gasteiger partial charge in [-0.1, -0.05) is 23.7 Å². The second kappa shape index (κ2) is 7.05. The van der Waals surface area contributed by atoms with Gasteiger partial charge in [-0.25, -0.2) is 0 Å². The van der Waals surface area contributed by atoms with E-state index in [2.05, 4.69) is 5.32 Å². The summed E-state index contributed by atoms with van der Waals surface area (Å²) in [6.07, 6.45) is 8.87. The number of rotatable bonds is 4. The second-order valence-corrected chi connectivity index (χ2v) is 10.1. The summed E-state index contributed by atoms with van der Waals surface area (Å²) in [5, 5.41) is 3.71. The van der Waals surface area contributed by atoms with Crippen LogP contribution in [0.5, 0.6) is 0 Å². The Morgan fingerprint density at radius 1 is 1.11 bits per heavy atom. The average Bonchev–Trinajstić information content (AvgIpc) is 3.14. The SMILES string of the molecule is O=C(NCc1cccc(Cl)c1)C1CCCN1C(=O)C12CC3CC(CC(C3)C1)C2. The van der Waals surface area contributed by atoms with Crippen molar-refractivity contribution in [3.63, 3.8) is 0 Å². The number of carbonyl (C=O) groups is 2. The zero-order chi connectivity index (χ0) is 19.3. The Morgan fingerprint density at radius 3 is 2.43 bits per heavy atom. The van der Waals surface area contributed by atoms with Gasteiger partial charge >= 0.3 is 0 Å². The highest BCUT2D eigenvalue weighted by Gasteiger charge is 2.56. The number of nitrogens with one attached hydrogen (secondary N) is 1. The summed E-state index contributed by atoms with van der Waals surface area (Å²) in [5.74, 6) is 2.50. The van der Waals surface area contributed by atoms with Gasteiger partial charge in [-0.05, 0) is 86.8 Å². The predicted molar refractivity (Wildman–Crippen MR) is 109 cm³/mol. The molecule has 4 bridgehead atoms. The largest absolute Gasteiger partial charge is 0.350 e. The number of likely N-dealkylation sites (tertiary alicyclic amines) is 1. The van der Waals surface area contributed by atoms with Crippen LogP contribution in [0, 0.1) is 23.2 Å². The molecule has 2 amide bonds. The van der Waals surface area contributed by atoms with Gasteiger partial charge in [-0.3, -0.25) is 9.59 Å². The number of amides is 2. The third-order valence-corrected chi connectivity index (χ3v) is 7.90. The maximum Gasteiger partial charge on any atom is 0.243 e. The maximum absolute atomic E-state index is 13.7. The van der Waals surface area contributed by atoms with E-state index in [0.717, 1.165) is 62.0 Å². The maximum atomic E-state index is 13.7. The fourth-order valence-corrected chi connectivity index (χ4v) is 7.13. The third-order valence-electron chi connectivity index (χ3n) is 7.66. The number of hydrogen-bond donors (Lipinski definition) is 1. The Morgan fingerprint density at radius 2 is 1.79 bits per heavy atom. The number of carbonyl (C=O) groups excluding carboxylic acids is 2. The first-order chi connectivity index (χ1) is 13.5. The molecule has 1 saturated heterocycles. The van der Waals surface area contributed by atoms with Crippen LogP contribution >= 0.6 is 11.6 Å². The van der Waals surface area contributed by atoms with Crippen LogP contribution in [0.15, 0.2) is 24.3 Å². The summed E-state index contributed by atoms with van der Waals surface area (Å²) < 4.78 is 0. The van der Waals surface area contributed by atoms with E-state index in [4.69, 9.17) is 11.6 Å². The molecule has 5 heteroatoms. The van der Waals surface area contributed by atoms with Gasteiger partial charge in [0.1, 0.15) is 6.04 Å². The molecule has 0 spiro atoms. The molecular weight excluding hydrogens is 372 g/mol. The molecule has 28 heavy (non-hydrogen) atoms. The smallest absolute Gasteiger partial charge is 0.243 e. The van der Waals surface area contributed by atoms with E-state index in [0.29, 0.717) is 11.6 Å². The van der Waals surface area contributed by atoms with Crippen LogP contribution in [-0.2, 0) is 16.1 Å². The Bertz CT molecular complexity index is 757. The predicted octanol–water partition coefficient (Wildman–Crippen LogP) is 4.16. The van der Waals surface area contributed by atoms with E-state index in [9.17, 15) is 9.59 Å². The second-order valence-electron chi connectivity index (χ2n) is 9.70. The molecule has 0 aromatic heterocycles. The van der Waals surface area contributed by atoms with Crippen molar-refractivity contribution < 1.29 is 9.59 Å². The molecule has 4 nitrogen and oxygen atoms in total. The molecule has 1 atom stereocenters. The molecule has 0 radical (unpaired) electrons. The summed E-state index contributed by atoms with van der Waals surface area (Å²) in [6.45, 7) is 1.19. The zero-order valence-corrected chi connectivity index (χ0v) is 17.1. The zero-order valence-electron chi connectivity index (χ0n) is 16.3. The van der Waals surface area contributed by atoms with E-state index < -0.39 is 0 Å². The minimum Gasteiger partial charge on any atom is -0.350 e. The van der Waals surface area contributed by atoms with Crippen molar-refractivity contribution in [3.05, 3.63) is 34.9 Å². The summed E-state index contributed by atoms with van der Waals surface area (Å²) >= 11 is 6.04. The van der Waals surface area contributed by atoms with Gasteiger partial charge in [0.15, 0.2) is 0 Å². The Kier molecular flexibility index (Phi) is 4.65. The van der Waals surface area contributed by atoms with Gasteiger partial charge in [0.05, 0.1) is 5.41 Å². The minimum absolute atomic E-state index is 0.0180. The van der Waals surface area contributed by atoms with Crippen molar-refractivity contribution in [3.8, 4) is 0 Å². The number of nitrogens with zero attached hydrogens (tertiary/aromatic N) is 1. The van der Waals surface area contributed by atoms with Crippen LogP contribution in [0.2, 0.25) is 5.02 Å². The normalized spacial score (nSPS) is 36.0. The number of hydrogen-bond acceptors (Lipinski definition) is 2. The molecule has 6 rings (SSSR count). The lowest BCUT2D eigenvalue weighted by atomic mass is 9.49. The lowest BCUT2D eigenvalue weighted by Gasteiger charge is -2.56. The molecule has 1 aromatic rings. The van der Waals surface area contributed by atoms with Gasteiger partial charge in [-0.15, -0.1) is 0 Å². The van der Waals surface area contributed by atoms with Gasteiger partial charge in [0.25, 0.3) is 0 Å². The van der Waals surface area contributed by atoms with Gasteiger partial charge in [-0.2, -0.15) is 0 Å². The fourth-order valence-electron chi connectivity index (χ4n) is 6.91. The quantitative estimate of drug-likeness (QED) is 0.824. The summed E-state index contributed by atoms with van der Waals surface area (Å²) in [5.41, 5.74) is 0.822. The molecule has 5 aliphatic rings. The van der Waals surface area contributed by atoms with Crippen LogP contribution in [-0.4, -0.2) is 29.3 Å². The van der Waals surface area contributed by atoms with Crippen molar-refractivity contribution >= 4 is 23.4 Å². The lowest BCUT2D eigenvalue weighted by molar-refractivity contribution is -0.160. The van der Waals surface area contributed by atoms with Crippen molar-refractivity contribution in [2.24, 2.45) is 23.2 Å². The molecule has 1 heterocycles. The number of halogens is 1. The first-order valence-corrected chi connectivity index (χ1v) is 11.2. The van der Waals surface area contributed by atoms with Crippen molar-refractivity contribution in [2.45, 2.75) is 64.0 Å². The highest BCUT2D eigenvalue weighted by Crippen LogP contribution is 2.60. The average molecular weight is 401 g/mol. The first-order valence-electron chi connectivity index (χ1n) is 10.9. The Hall–Kier alpha value is -1.55. The Balaban J connectivity index is 1.27. The minimum atomic E-state index is -0.306. The van der Waals surface area contributed by atoms with E-state index in [1.54, 1.807) is 0 Å². The molecule has 5 fully saturated rings. The monoisotopic (exact) mass is 400 g/mol. The van der Waals surface area contributed by atoms with Crippen LogP contribution in [0.25, 0.3) is 0 Å². The van der Waals surface area contributed by atoms with E-state index in [-0.39, 0.29) is 23.3 Å². The summed E-state index contributed by atoms with van der Waals surface area (Å²) in [6, 6.07) is 7.24. The molecular formula is C23H29ClN2O2. The molecule has 4 aliphatic carbocycles. The summed E-state index contributed by atoms with van der Waals surface area (Å²) in [7, 11) is 0. The topological polar surface area (TPSA) is 49.4 Å². The lowest BCUT2D eigenvalue weighted by Crippen LogP contribution is -2.57. The van der Waals surface area contributed by atoms with Crippen LogP contribution in [0.1, 0.15) is 56.9 Å². The molecule has 1 aromatic carbocycles. The van der Waals surface area contributed by atoms with Crippen molar-refractivity contribution in [1.82, 2.24) is 10.2 Å². The number of benzene rings is 1. The van der Waals surface area contributed by atoms with Crippen molar-refractivity contribution in [1.29, 1.82) is 0 Å². The molecule has 1 aliphatic heterocycles. The highest BCUT2D eigenvalue weighted by molar-refractivity contribution is 6.30. The van der Waals surface area contributed by atoms with E-state index in [1.807, 2.05) is 29.2 Å². The van der Waals surface area contributed by atoms with Crippen LogP contribution in [0.4, 0.5) is 0 Å². The van der Waals surface area contributed by atoms with Gasteiger partial charge in [0.2, 0.25) is 11.8 Å². The van der Waals surface area contributed by atoms with Crippen LogP contribution in [0.3, 0.4) is 0 Å². The molecule has 1 unspecified atom stereocenters. The van der Waals surface area contributed by atoms with E-state index in [1.165, 1.54) is 19.3 Å². The summed E-state index contributed by atoms with van der Waals surface area (Å²) in [4.78, 5) is 28.5. The van der Waals surface area contributed by atoms with Crippen molar-refractivity contribution in [2.75, 3.05) is 6.54 Å². The first kappa shape index (κ1) is 18.5. The third kappa shape index (κ3) is 3.24. The molecule has 150 valence electrons. The highest BCUT2D eigenvalue weighted by atomic mass is 35.5. The van der Waals surface area contributed by atoms with Gasteiger partial charge in [0, 0.05) is 18.1 Å². The fraction of sp³-hybridized carbons (Fsp3) is 0.652.